The number of rotatable bonds is 4. The number of nitrogens with zero attached hydrogens (tertiary/aromatic N) is 1. The summed E-state index contributed by atoms with van der Waals surface area (Å²) in [5.41, 5.74) is 2.44. The van der Waals surface area contributed by atoms with E-state index in [0.717, 1.165) is 17.5 Å². The Balaban J connectivity index is 2.14. The zero-order chi connectivity index (χ0) is 13.1. The first-order valence-corrected chi connectivity index (χ1v) is 7.25. The molecule has 0 aliphatic carbocycles. The minimum atomic E-state index is 0.300. The molecule has 3 heteroatoms. The Morgan fingerprint density at radius 2 is 2.28 bits per heavy atom. The predicted octanol–water partition coefficient (Wildman–Crippen LogP) is 3.86. The van der Waals surface area contributed by atoms with Crippen LogP contribution in [0, 0.1) is 5.92 Å². The number of benzene rings is 1. The van der Waals surface area contributed by atoms with Crippen LogP contribution in [0.1, 0.15) is 38.3 Å². The number of nitrogens with one attached hydrogen (secondary N) is 1. The van der Waals surface area contributed by atoms with Gasteiger partial charge in [-0.15, -0.1) is 0 Å². The minimum absolute atomic E-state index is 0.300. The summed E-state index contributed by atoms with van der Waals surface area (Å²) in [7, 11) is 1.96. The predicted molar refractivity (Wildman–Crippen MR) is 79.5 cm³/mol. The summed E-state index contributed by atoms with van der Waals surface area (Å²) >= 11 is 6.39. The molecule has 2 unspecified atom stereocenters. The minimum Gasteiger partial charge on any atom is -0.371 e. The molecule has 18 heavy (non-hydrogen) atoms. The zero-order valence-electron chi connectivity index (χ0n) is 11.5. The molecule has 1 aliphatic rings. The van der Waals surface area contributed by atoms with E-state index >= 15 is 0 Å². The summed E-state index contributed by atoms with van der Waals surface area (Å²) in [4.78, 5) is 2.45. The Kier molecular flexibility index (Phi) is 4.52. The molecule has 100 valence electrons. The molecule has 0 bridgehead atoms. The summed E-state index contributed by atoms with van der Waals surface area (Å²) < 4.78 is 0. The van der Waals surface area contributed by atoms with Gasteiger partial charge in [0, 0.05) is 29.8 Å². The third kappa shape index (κ3) is 2.81. The zero-order valence-corrected chi connectivity index (χ0v) is 12.3. The summed E-state index contributed by atoms with van der Waals surface area (Å²) in [6.45, 7) is 6.74. The average molecular weight is 267 g/mol. The van der Waals surface area contributed by atoms with E-state index in [-0.39, 0.29) is 0 Å². The Morgan fingerprint density at radius 3 is 2.83 bits per heavy atom. The number of hydrogen-bond donors (Lipinski definition) is 1. The first kappa shape index (κ1) is 13.7. The van der Waals surface area contributed by atoms with Crippen molar-refractivity contribution in [3.63, 3.8) is 0 Å². The lowest BCUT2D eigenvalue weighted by atomic mass is 10.1. The molecule has 2 nitrogen and oxygen atoms in total. The molecular formula is C15H23ClN2. The molecule has 0 saturated carbocycles. The molecule has 1 aliphatic heterocycles. The maximum absolute atomic E-state index is 6.39. The Bertz CT molecular complexity index is 405. The first-order chi connectivity index (χ1) is 8.65. The van der Waals surface area contributed by atoms with Crippen molar-refractivity contribution in [3.8, 4) is 0 Å². The highest BCUT2D eigenvalue weighted by molar-refractivity contribution is 6.31. The maximum Gasteiger partial charge on any atom is 0.0474 e. The van der Waals surface area contributed by atoms with Crippen molar-refractivity contribution in [2.24, 2.45) is 5.92 Å². The van der Waals surface area contributed by atoms with E-state index in [1.165, 1.54) is 30.6 Å². The Hall–Kier alpha value is -0.730. The van der Waals surface area contributed by atoms with E-state index in [0.29, 0.717) is 6.04 Å². The lowest BCUT2D eigenvalue weighted by Crippen LogP contribution is -2.20. The van der Waals surface area contributed by atoms with E-state index in [9.17, 15) is 0 Å². The SMILES string of the molecule is CCC1CCN(c2ccc(C(C)NC)c(Cl)c2)C1. The van der Waals surface area contributed by atoms with Gasteiger partial charge in [-0.1, -0.05) is 31.0 Å². The fraction of sp³-hybridized carbons (Fsp3) is 0.600. The molecule has 1 aromatic carbocycles. The van der Waals surface area contributed by atoms with Crippen LogP contribution < -0.4 is 10.2 Å². The van der Waals surface area contributed by atoms with Gasteiger partial charge in [0.25, 0.3) is 0 Å². The van der Waals surface area contributed by atoms with Crippen LogP contribution in [0.4, 0.5) is 5.69 Å². The van der Waals surface area contributed by atoms with Gasteiger partial charge in [0.05, 0.1) is 0 Å². The fourth-order valence-corrected chi connectivity index (χ4v) is 2.96. The highest BCUT2D eigenvalue weighted by Gasteiger charge is 2.21. The molecule has 1 N–H and O–H groups in total. The van der Waals surface area contributed by atoms with E-state index < -0.39 is 0 Å². The molecular weight excluding hydrogens is 244 g/mol. The van der Waals surface area contributed by atoms with Gasteiger partial charge >= 0.3 is 0 Å². The lowest BCUT2D eigenvalue weighted by Gasteiger charge is -2.21. The normalized spacial score (nSPS) is 21.3. The third-order valence-electron chi connectivity index (χ3n) is 4.11. The van der Waals surface area contributed by atoms with E-state index in [4.69, 9.17) is 11.6 Å². The topological polar surface area (TPSA) is 15.3 Å². The van der Waals surface area contributed by atoms with Crippen LogP contribution in [0.5, 0.6) is 0 Å². The van der Waals surface area contributed by atoms with E-state index in [1.807, 2.05) is 7.05 Å². The van der Waals surface area contributed by atoms with Crippen molar-refractivity contribution >= 4 is 17.3 Å². The Labute approximate surface area is 115 Å². The summed E-state index contributed by atoms with van der Waals surface area (Å²) in [5, 5.41) is 4.10. The molecule has 1 aromatic rings. The molecule has 1 saturated heterocycles. The van der Waals surface area contributed by atoms with Crippen LogP contribution >= 0.6 is 11.6 Å². The monoisotopic (exact) mass is 266 g/mol. The van der Waals surface area contributed by atoms with Gasteiger partial charge in [0.2, 0.25) is 0 Å². The van der Waals surface area contributed by atoms with Crippen LogP contribution in [-0.4, -0.2) is 20.1 Å². The second-order valence-electron chi connectivity index (χ2n) is 5.23. The highest BCUT2D eigenvalue weighted by atomic mass is 35.5. The van der Waals surface area contributed by atoms with Crippen LogP contribution in [0.3, 0.4) is 0 Å². The maximum atomic E-state index is 6.39. The number of halogens is 1. The fourth-order valence-electron chi connectivity index (χ4n) is 2.62. The smallest absolute Gasteiger partial charge is 0.0474 e. The van der Waals surface area contributed by atoms with Gasteiger partial charge in [-0.05, 0) is 44.0 Å². The van der Waals surface area contributed by atoms with Crippen molar-refractivity contribution in [2.45, 2.75) is 32.7 Å². The molecule has 0 aromatic heterocycles. The van der Waals surface area contributed by atoms with Crippen LogP contribution in [-0.2, 0) is 0 Å². The van der Waals surface area contributed by atoms with Crippen molar-refractivity contribution in [1.29, 1.82) is 0 Å². The second-order valence-corrected chi connectivity index (χ2v) is 5.63. The first-order valence-electron chi connectivity index (χ1n) is 6.87. The van der Waals surface area contributed by atoms with Gasteiger partial charge in [-0.2, -0.15) is 0 Å². The molecule has 0 spiro atoms. The van der Waals surface area contributed by atoms with Crippen molar-refractivity contribution in [2.75, 3.05) is 25.0 Å². The lowest BCUT2D eigenvalue weighted by molar-refractivity contribution is 0.569. The van der Waals surface area contributed by atoms with Crippen LogP contribution in [0.25, 0.3) is 0 Å². The summed E-state index contributed by atoms with van der Waals surface area (Å²) in [6.07, 6.45) is 2.59. The van der Waals surface area contributed by atoms with Gasteiger partial charge in [0.1, 0.15) is 0 Å². The van der Waals surface area contributed by atoms with Gasteiger partial charge in [-0.3, -0.25) is 0 Å². The van der Waals surface area contributed by atoms with Crippen molar-refractivity contribution in [3.05, 3.63) is 28.8 Å². The molecule has 1 fully saturated rings. The van der Waals surface area contributed by atoms with Gasteiger partial charge in [-0.25, -0.2) is 0 Å². The van der Waals surface area contributed by atoms with E-state index in [1.54, 1.807) is 0 Å². The van der Waals surface area contributed by atoms with E-state index in [2.05, 4.69) is 42.3 Å². The Morgan fingerprint density at radius 1 is 1.50 bits per heavy atom. The van der Waals surface area contributed by atoms with Crippen LogP contribution in [0.15, 0.2) is 18.2 Å². The molecule has 2 atom stereocenters. The van der Waals surface area contributed by atoms with Gasteiger partial charge in [0.15, 0.2) is 0 Å². The summed E-state index contributed by atoms with van der Waals surface area (Å²) in [6, 6.07) is 6.77. The average Bonchev–Trinajstić information content (AvgIpc) is 2.86. The standard InChI is InChI=1S/C15H23ClN2/c1-4-12-7-8-18(10-12)13-5-6-14(11(2)17-3)15(16)9-13/h5-6,9,11-12,17H,4,7-8,10H2,1-3H3. The van der Waals surface area contributed by atoms with Crippen molar-refractivity contribution in [1.82, 2.24) is 5.32 Å². The third-order valence-corrected chi connectivity index (χ3v) is 4.44. The van der Waals surface area contributed by atoms with Crippen molar-refractivity contribution < 1.29 is 0 Å². The quantitative estimate of drug-likeness (QED) is 0.890. The molecule has 2 rings (SSSR count). The van der Waals surface area contributed by atoms with Crippen LogP contribution in [0.2, 0.25) is 5.02 Å². The molecule has 1 heterocycles. The molecule has 0 amide bonds. The largest absolute Gasteiger partial charge is 0.371 e. The number of hydrogen-bond acceptors (Lipinski definition) is 2. The second kappa shape index (κ2) is 5.94. The summed E-state index contributed by atoms with van der Waals surface area (Å²) in [5.74, 6) is 0.847. The molecule has 0 radical (unpaired) electrons. The number of anilines is 1. The van der Waals surface area contributed by atoms with Gasteiger partial charge < -0.3 is 10.2 Å². The highest BCUT2D eigenvalue weighted by Crippen LogP contribution is 2.31.